The van der Waals surface area contributed by atoms with E-state index in [2.05, 4.69) is 44.5 Å². The van der Waals surface area contributed by atoms with E-state index in [1.807, 2.05) is 35.9 Å². The van der Waals surface area contributed by atoms with Crippen LogP contribution in [0.4, 0.5) is 5.82 Å². The minimum atomic E-state index is -0.244. The molecular weight excluding hydrogens is 458 g/mol. The van der Waals surface area contributed by atoms with Crippen LogP contribution >= 0.6 is 0 Å². The number of hydrogen-bond acceptors (Lipinski definition) is 7. The van der Waals surface area contributed by atoms with E-state index >= 15 is 0 Å². The van der Waals surface area contributed by atoms with Gasteiger partial charge in [-0.25, -0.2) is 9.97 Å². The van der Waals surface area contributed by atoms with Crippen LogP contribution in [0, 0.1) is 0 Å². The van der Waals surface area contributed by atoms with Crippen molar-refractivity contribution >= 4 is 22.8 Å². The van der Waals surface area contributed by atoms with Crippen molar-refractivity contribution in [3.8, 4) is 28.3 Å². The molecule has 5 rings (SSSR count). The molecule has 1 amide bonds. The number of carbonyl (C=O) groups excluding carboxylic acids is 1. The predicted molar refractivity (Wildman–Crippen MR) is 138 cm³/mol. The van der Waals surface area contributed by atoms with Crippen LogP contribution in [0.3, 0.4) is 0 Å². The molecule has 0 atom stereocenters. The first-order valence-corrected chi connectivity index (χ1v) is 11.9. The third kappa shape index (κ3) is 4.45. The molecule has 9 nitrogen and oxygen atoms in total. The molecule has 1 aliphatic rings. The fourth-order valence-corrected chi connectivity index (χ4v) is 4.44. The molecule has 2 aromatic carbocycles. The molecule has 0 radical (unpaired) electrons. The molecule has 0 saturated carbocycles. The molecule has 9 heteroatoms. The number of pyridine rings is 1. The largest absolute Gasteiger partial charge is 0.496 e. The van der Waals surface area contributed by atoms with Crippen molar-refractivity contribution in [2.45, 2.75) is 6.92 Å². The van der Waals surface area contributed by atoms with Gasteiger partial charge >= 0.3 is 0 Å². The number of nitrogens with zero attached hydrogens (tertiary/aromatic N) is 4. The summed E-state index contributed by atoms with van der Waals surface area (Å²) < 4.78 is 18.5. The summed E-state index contributed by atoms with van der Waals surface area (Å²) in [6.07, 6.45) is 3.66. The maximum absolute atomic E-state index is 12.6. The van der Waals surface area contributed by atoms with Crippen molar-refractivity contribution in [1.82, 2.24) is 19.9 Å². The summed E-state index contributed by atoms with van der Waals surface area (Å²) in [7, 11) is 3.08. The van der Waals surface area contributed by atoms with E-state index in [0.717, 1.165) is 60.0 Å². The maximum Gasteiger partial charge on any atom is 0.258 e. The number of benzene rings is 2. The molecule has 1 N–H and O–H groups in total. The fraction of sp³-hybridized carbons (Fsp3) is 0.296. The van der Waals surface area contributed by atoms with Gasteiger partial charge in [-0.1, -0.05) is 6.07 Å². The number of anilines is 1. The quantitative estimate of drug-likeness (QED) is 0.425. The molecule has 3 heterocycles. The van der Waals surface area contributed by atoms with Crippen LogP contribution in [0.1, 0.15) is 17.3 Å². The van der Waals surface area contributed by atoms with Crippen molar-refractivity contribution in [2.24, 2.45) is 0 Å². The van der Waals surface area contributed by atoms with Gasteiger partial charge in [0.05, 0.1) is 44.2 Å². The van der Waals surface area contributed by atoms with Gasteiger partial charge in [0.25, 0.3) is 5.91 Å². The number of methoxy groups -OCH3 is 2. The summed E-state index contributed by atoms with van der Waals surface area (Å²) in [6.45, 7) is 5.55. The summed E-state index contributed by atoms with van der Waals surface area (Å²) in [5.41, 5.74) is 4.98. The molecule has 1 fully saturated rings. The zero-order valence-electron chi connectivity index (χ0n) is 20.7. The Morgan fingerprint density at radius 3 is 2.36 bits per heavy atom. The van der Waals surface area contributed by atoms with Crippen molar-refractivity contribution in [3.05, 3.63) is 60.6 Å². The fourth-order valence-electron chi connectivity index (χ4n) is 4.44. The Morgan fingerprint density at radius 2 is 1.72 bits per heavy atom. The van der Waals surface area contributed by atoms with Gasteiger partial charge in [0.15, 0.2) is 0 Å². The third-order valence-electron chi connectivity index (χ3n) is 6.30. The molecule has 0 unspecified atom stereocenters. The van der Waals surface area contributed by atoms with Crippen LogP contribution in [-0.4, -0.2) is 67.5 Å². The lowest BCUT2D eigenvalue weighted by Crippen LogP contribution is -2.36. The summed E-state index contributed by atoms with van der Waals surface area (Å²) in [4.78, 5) is 24.1. The number of morpholine rings is 1. The zero-order chi connectivity index (χ0) is 25.1. The monoisotopic (exact) mass is 487 g/mol. The van der Waals surface area contributed by atoms with Crippen LogP contribution < -0.4 is 19.7 Å². The van der Waals surface area contributed by atoms with Gasteiger partial charge in [-0.2, -0.15) is 0 Å². The Labute approximate surface area is 209 Å². The van der Waals surface area contributed by atoms with Crippen LogP contribution in [-0.2, 0) is 4.74 Å². The Bertz CT molecular complexity index is 1350. The van der Waals surface area contributed by atoms with E-state index in [-0.39, 0.29) is 5.91 Å². The Balaban J connectivity index is 1.47. The van der Waals surface area contributed by atoms with Crippen LogP contribution in [0.2, 0.25) is 0 Å². The smallest absolute Gasteiger partial charge is 0.258 e. The molecule has 36 heavy (non-hydrogen) atoms. The lowest BCUT2D eigenvalue weighted by Gasteiger charge is -2.27. The lowest BCUT2D eigenvalue weighted by molar-refractivity contribution is 0.0949. The van der Waals surface area contributed by atoms with E-state index in [9.17, 15) is 4.79 Å². The van der Waals surface area contributed by atoms with Gasteiger partial charge < -0.3 is 24.4 Å². The topological polar surface area (TPSA) is 90.7 Å². The van der Waals surface area contributed by atoms with Crippen molar-refractivity contribution in [2.75, 3.05) is 52.0 Å². The standard InChI is InChI=1S/C27H29N5O4/c1-4-28-27(33)26-23(34-2)14-20(15-24(26)35-3)32-17-30-21-13-18(5-7-22(21)32)19-6-8-25(29-16-19)31-9-11-36-12-10-31/h5-8,13-17H,4,9-12H2,1-3H3,(H,28,33). The number of fused-ring (bicyclic) bond motifs is 1. The Kier molecular flexibility index (Phi) is 6.73. The van der Waals surface area contributed by atoms with Crippen LogP contribution in [0.25, 0.3) is 27.8 Å². The molecule has 0 aliphatic carbocycles. The van der Waals surface area contributed by atoms with Crippen molar-refractivity contribution < 1.29 is 19.0 Å². The van der Waals surface area contributed by atoms with Gasteiger partial charge in [-0.05, 0) is 36.8 Å². The Morgan fingerprint density at radius 1 is 1.00 bits per heavy atom. The van der Waals surface area contributed by atoms with E-state index in [4.69, 9.17) is 14.2 Å². The van der Waals surface area contributed by atoms with Gasteiger partial charge in [-0.3, -0.25) is 9.36 Å². The molecule has 1 saturated heterocycles. The number of carbonyl (C=O) groups is 1. The van der Waals surface area contributed by atoms with E-state index in [1.54, 1.807) is 6.33 Å². The predicted octanol–water partition coefficient (Wildman–Crippen LogP) is 3.69. The molecular formula is C27H29N5O4. The van der Waals surface area contributed by atoms with E-state index in [0.29, 0.717) is 23.6 Å². The van der Waals surface area contributed by atoms with Crippen molar-refractivity contribution in [1.29, 1.82) is 0 Å². The Hall–Kier alpha value is -4.11. The number of nitrogens with one attached hydrogen (secondary N) is 1. The number of ether oxygens (including phenoxy) is 3. The van der Waals surface area contributed by atoms with Gasteiger partial charge in [0.1, 0.15) is 29.2 Å². The van der Waals surface area contributed by atoms with Crippen LogP contribution in [0.15, 0.2) is 55.0 Å². The lowest BCUT2D eigenvalue weighted by atomic mass is 10.1. The number of rotatable bonds is 7. The number of amides is 1. The van der Waals surface area contributed by atoms with Gasteiger partial charge in [-0.15, -0.1) is 0 Å². The SMILES string of the molecule is CCNC(=O)c1c(OC)cc(-n2cnc3cc(-c4ccc(N5CCOCC5)nc4)ccc32)cc1OC. The summed E-state index contributed by atoms with van der Waals surface area (Å²) >= 11 is 0. The normalized spacial score (nSPS) is 13.6. The van der Waals surface area contributed by atoms with Gasteiger partial charge in [0.2, 0.25) is 0 Å². The second-order valence-corrected chi connectivity index (χ2v) is 8.41. The highest BCUT2D eigenvalue weighted by atomic mass is 16.5. The molecule has 4 aromatic rings. The minimum Gasteiger partial charge on any atom is -0.496 e. The van der Waals surface area contributed by atoms with Gasteiger partial charge in [0, 0.05) is 43.5 Å². The van der Waals surface area contributed by atoms with Crippen LogP contribution in [0.5, 0.6) is 11.5 Å². The molecule has 2 aromatic heterocycles. The summed E-state index contributed by atoms with van der Waals surface area (Å²) in [5.74, 6) is 1.58. The summed E-state index contributed by atoms with van der Waals surface area (Å²) in [5, 5.41) is 2.81. The average molecular weight is 488 g/mol. The summed E-state index contributed by atoms with van der Waals surface area (Å²) in [6, 6.07) is 13.9. The van der Waals surface area contributed by atoms with E-state index < -0.39 is 0 Å². The molecule has 0 spiro atoms. The highest BCUT2D eigenvalue weighted by Crippen LogP contribution is 2.34. The highest BCUT2D eigenvalue weighted by molar-refractivity contribution is 6.00. The number of imidazole rings is 1. The first kappa shape index (κ1) is 23.6. The highest BCUT2D eigenvalue weighted by Gasteiger charge is 2.21. The first-order chi connectivity index (χ1) is 17.6. The zero-order valence-corrected chi connectivity index (χ0v) is 20.7. The average Bonchev–Trinajstić information content (AvgIpc) is 3.36. The second-order valence-electron chi connectivity index (χ2n) is 8.41. The second kappa shape index (κ2) is 10.2. The number of hydrogen-bond donors (Lipinski definition) is 1. The first-order valence-electron chi connectivity index (χ1n) is 11.9. The number of aromatic nitrogens is 3. The maximum atomic E-state index is 12.6. The molecule has 0 bridgehead atoms. The molecule has 1 aliphatic heterocycles. The van der Waals surface area contributed by atoms with E-state index in [1.165, 1.54) is 14.2 Å². The van der Waals surface area contributed by atoms with Crippen molar-refractivity contribution in [3.63, 3.8) is 0 Å². The minimum absolute atomic E-state index is 0.244. The third-order valence-corrected chi connectivity index (χ3v) is 6.30. The molecule has 186 valence electrons.